The normalized spacial score (nSPS) is 10.7. The number of nitrogens with zero attached hydrogens (tertiary/aromatic N) is 1. The van der Waals surface area contributed by atoms with Crippen LogP contribution in [-0.4, -0.2) is 57.0 Å². The van der Waals surface area contributed by atoms with Crippen molar-refractivity contribution in [1.82, 2.24) is 20.3 Å². The molecule has 0 bridgehead atoms. The van der Waals surface area contributed by atoms with Gasteiger partial charge < -0.3 is 20.1 Å². The van der Waals surface area contributed by atoms with Crippen molar-refractivity contribution in [3.8, 4) is 5.88 Å². The van der Waals surface area contributed by atoms with Gasteiger partial charge in [0.15, 0.2) is 0 Å². The number of pyridine rings is 1. The molecule has 0 saturated carbocycles. The fourth-order valence-corrected chi connectivity index (χ4v) is 3.76. The van der Waals surface area contributed by atoms with E-state index in [1.165, 1.54) is 31.2 Å². The Balaban J connectivity index is 1.87. The van der Waals surface area contributed by atoms with E-state index in [9.17, 15) is 27.6 Å². The minimum atomic E-state index is -4.14. The van der Waals surface area contributed by atoms with Crippen molar-refractivity contribution < 1.29 is 37.1 Å². The second-order valence-corrected chi connectivity index (χ2v) is 9.15. The Morgan fingerprint density at radius 3 is 2.31 bits per heavy atom. The number of rotatable bonds is 12. The fraction of sp³-hybridized carbons (Fsp3) is 0.348. The van der Waals surface area contributed by atoms with E-state index < -0.39 is 28.0 Å². The Hall–Kier alpha value is -4.00. The molecule has 3 amide bonds. The zero-order valence-electron chi connectivity index (χ0n) is 19.9. The summed E-state index contributed by atoms with van der Waals surface area (Å²) in [6.45, 7) is 3.60. The topological polar surface area (TPSA) is 170 Å². The maximum absolute atomic E-state index is 12.6. The number of hydrogen-bond donors (Lipinski definition) is 3. The molecule has 0 aliphatic rings. The van der Waals surface area contributed by atoms with Crippen LogP contribution in [0.2, 0.25) is 0 Å². The molecule has 0 fully saturated rings. The second kappa shape index (κ2) is 13.8. The Morgan fingerprint density at radius 2 is 1.69 bits per heavy atom. The van der Waals surface area contributed by atoms with Crippen molar-refractivity contribution in [3.63, 3.8) is 0 Å². The van der Waals surface area contributed by atoms with Gasteiger partial charge in [0, 0.05) is 32.2 Å². The van der Waals surface area contributed by atoms with E-state index in [1.54, 1.807) is 12.1 Å². The highest BCUT2D eigenvalue weighted by atomic mass is 32.2. The average Bonchev–Trinajstić information content (AvgIpc) is 2.82. The fourth-order valence-electron chi connectivity index (χ4n) is 2.79. The highest BCUT2D eigenvalue weighted by Crippen LogP contribution is 2.13. The predicted molar refractivity (Wildman–Crippen MR) is 128 cm³/mol. The highest BCUT2D eigenvalue weighted by molar-refractivity contribution is 7.90. The van der Waals surface area contributed by atoms with Crippen LogP contribution in [0.1, 0.15) is 42.6 Å². The molecule has 0 radical (unpaired) electrons. The zero-order valence-corrected chi connectivity index (χ0v) is 20.7. The second-order valence-electron chi connectivity index (χ2n) is 7.47. The van der Waals surface area contributed by atoms with Gasteiger partial charge in [-0.15, -0.1) is 0 Å². The number of benzene rings is 1. The van der Waals surface area contributed by atoms with Crippen LogP contribution in [0.3, 0.4) is 0 Å². The lowest BCUT2D eigenvalue weighted by atomic mass is 10.1. The first-order chi connectivity index (χ1) is 17.1. The molecule has 36 heavy (non-hydrogen) atoms. The SMILES string of the molecule is CCCC(=O)NCCc1ccc(S(=O)(=O)NC(=O)c2ccc(OC(=O)NCCOC(C)=O)nc2)cc1. The van der Waals surface area contributed by atoms with Crippen LogP contribution in [-0.2, 0) is 30.8 Å². The van der Waals surface area contributed by atoms with Crippen molar-refractivity contribution in [2.45, 2.75) is 38.0 Å². The molecule has 194 valence electrons. The third-order valence-electron chi connectivity index (χ3n) is 4.55. The van der Waals surface area contributed by atoms with E-state index in [0.29, 0.717) is 19.4 Å². The number of carbonyl (C=O) groups excluding carboxylic acids is 4. The molecule has 0 saturated heterocycles. The molecule has 2 rings (SSSR count). The Labute approximate surface area is 208 Å². The van der Waals surface area contributed by atoms with Crippen LogP contribution in [0.5, 0.6) is 5.88 Å². The molecule has 0 spiro atoms. The first kappa shape index (κ1) is 28.2. The molecule has 12 nitrogen and oxygen atoms in total. The Bertz CT molecular complexity index is 1170. The number of esters is 1. The first-order valence-corrected chi connectivity index (χ1v) is 12.6. The van der Waals surface area contributed by atoms with Crippen molar-refractivity contribution >= 4 is 33.9 Å². The summed E-state index contributed by atoms with van der Waals surface area (Å²) in [5.74, 6) is -1.55. The zero-order chi connectivity index (χ0) is 26.6. The lowest BCUT2D eigenvalue weighted by Gasteiger charge is -2.09. The van der Waals surface area contributed by atoms with E-state index >= 15 is 0 Å². The van der Waals surface area contributed by atoms with Crippen LogP contribution in [0, 0.1) is 0 Å². The monoisotopic (exact) mass is 520 g/mol. The lowest BCUT2D eigenvalue weighted by Crippen LogP contribution is -2.31. The van der Waals surface area contributed by atoms with Gasteiger partial charge in [0.05, 0.1) is 17.0 Å². The third kappa shape index (κ3) is 9.70. The number of carbonyl (C=O) groups is 4. The minimum absolute atomic E-state index is 0.0224. The summed E-state index contributed by atoms with van der Waals surface area (Å²) in [5, 5.41) is 5.13. The van der Waals surface area contributed by atoms with Crippen LogP contribution in [0.25, 0.3) is 0 Å². The summed E-state index contributed by atoms with van der Waals surface area (Å²) < 4.78 is 36.7. The van der Waals surface area contributed by atoms with Gasteiger partial charge in [-0.1, -0.05) is 19.1 Å². The van der Waals surface area contributed by atoms with Gasteiger partial charge in [-0.2, -0.15) is 0 Å². The van der Waals surface area contributed by atoms with Crippen molar-refractivity contribution in [2.24, 2.45) is 0 Å². The summed E-state index contributed by atoms with van der Waals surface area (Å²) in [6.07, 6.45) is 1.96. The largest absolute Gasteiger partial charge is 0.464 e. The van der Waals surface area contributed by atoms with Gasteiger partial charge >= 0.3 is 12.1 Å². The van der Waals surface area contributed by atoms with Gasteiger partial charge in [-0.25, -0.2) is 22.9 Å². The van der Waals surface area contributed by atoms with Gasteiger partial charge in [0.25, 0.3) is 15.9 Å². The van der Waals surface area contributed by atoms with Crippen LogP contribution in [0.15, 0.2) is 47.5 Å². The number of hydrogen-bond acceptors (Lipinski definition) is 9. The Kier molecular flexibility index (Phi) is 10.8. The molecule has 3 N–H and O–H groups in total. The van der Waals surface area contributed by atoms with E-state index in [2.05, 4.69) is 20.4 Å². The molecule has 0 unspecified atom stereocenters. The molecular weight excluding hydrogens is 492 g/mol. The maximum atomic E-state index is 12.6. The smallest absolute Gasteiger partial charge is 0.414 e. The summed E-state index contributed by atoms with van der Waals surface area (Å²) in [7, 11) is -4.14. The maximum Gasteiger partial charge on any atom is 0.414 e. The number of aromatic nitrogens is 1. The molecular formula is C23H28N4O8S. The number of sulfonamides is 1. The molecule has 2 aromatic rings. The molecule has 1 heterocycles. The van der Waals surface area contributed by atoms with Gasteiger partial charge in [-0.05, 0) is 36.6 Å². The summed E-state index contributed by atoms with van der Waals surface area (Å²) >= 11 is 0. The van der Waals surface area contributed by atoms with E-state index in [0.717, 1.165) is 18.2 Å². The van der Waals surface area contributed by atoms with E-state index in [4.69, 9.17) is 4.74 Å². The quantitative estimate of drug-likeness (QED) is 0.276. The molecule has 1 aromatic carbocycles. The molecule has 0 aliphatic heterocycles. The van der Waals surface area contributed by atoms with Gasteiger partial charge in [0.1, 0.15) is 6.61 Å². The molecule has 0 aliphatic carbocycles. The molecule has 13 heteroatoms. The number of nitrogens with one attached hydrogen (secondary N) is 3. The lowest BCUT2D eigenvalue weighted by molar-refractivity contribution is -0.140. The standard InChI is InChI=1S/C23H28N4O8S/c1-3-4-20(29)24-12-11-17-5-8-19(9-6-17)36(32,33)27-22(30)18-7-10-21(26-15-18)35-23(31)25-13-14-34-16(2)28/h5-10,15H,3-4,11-14H2,1-2H3,(H,24,29)(H,25,31)(H,27,30). The van der Waals surface area contributed by atoms with Gasteiger partial charge in [0.2, 0.25) is 11.8 Å². The molecule has 1 aromatic heterocycles. The third-order valence-corrected chi connectivity index (χ3v) is 5.89. The average molecular weight is 521 g/mol. The van der Waals surface area contributed by atoms with Crippen LogP contribution in [0.4, 0.5) is 4.79 Å². The number of ether oxygens (including phenoxy) is 2. The molecule has 0 atom stereocenters. The Morgan fingerprint density at radius 1 is 0.972 bits per heavy atom. The highest BCUT2D eigenvalue weighted by Gasteiger charge is 2.19. The van der Waals surface area contributed by atoms with Crippen molar-refractivity contribution in [1.29, 1.82) is 0 Å². The van der Waals surface area contributed by atoms with Gasteiger partial charge in [-0.3, -0.25) is 14.4 Å². The first-order valence-electron chi connectivity index (χ1n) is 11.1. The van der Waals surface area contributed by atoms with E-state index in [-0.39, 0.29) is 35.4 Å². The van der Waals surface area contributed by atoms with Crippen molar-refractivity contribution in [3.05, 3.63) is 53.7 Å². The van der Waals surface area contributed by atoms with Crippen molar-refractivity contribution in [2.75, 3.05) is 19.7 Å². The van der Waals surface area contributed by atoms with E-state index in [1.807, 2.05) is 11.6 Å². The summed E-state index contributed by atoms with van der Waals surface area (Å²) in [5.41, 5.74) is 0.757. The number of amides is 3. The minimum Gasteiger partial charge on any atom is -0.464 e. The summed E-state index contributed by atoms with van der Waals surface area (Å²) in [4.78, 5) is 49.9. The predicted octanol–water partition coefficient (Wildman–Crippen LogP) is 1.31. The van der Waals surface area contributed by atoms with Crippen LogP contribution < -0.4 is 20.1 Å². The van der Waals surface area contributed by atoms with Crippen LogP contribution >= 0.6 is 0 Å². The summed E-state index contributed by atoms with van der Waals surface area (Å²) in [6, 6.07) is 8.42.